The lowest BCUT2D eigenvalue weighted by molar-refractivity contribution is 0.0950. The molecule has 0 heterocycles. The van der Waals surface area contributed by atoms with Gasteiger partial charge in [0.15, 0.2) is 0 Å². The largest absolute Gasteiger partial charge is 0.349 e. The number of hydrogen-bond donors (Lipinski definition) is 2. The maximum Gasteiger partial charge on any atom is 0.251 e. The predicted octanol–water partition coefficient (Wildman–Crippen LogP) is 1.34. The minimum absolute atomic E-state index is 0.0780. The molecule has 0 radical (unpaired) electrons. The molecular formula is C13H18N2O. The van der Waals surface area contributed by atoms with Crippen molar-refractivity contribution >= 4 is 5.91 Å². The number of rotatable bonds is 5. The maximum absolute atomic E-state index is 11.9. The van der Waals surface area contributed by atoms with E-state index in [1.807, 2.05) is 31.3 Å². The van der Waals surface area contributed by atoms with Crippen LogP contribution in [0.3, 0.4) is 0 Å². The first kappa shape index (κ1) is 11.1. The zero-order valence-electron chi connectivity index (χ0n) is 9.62. The lowest BCUT2D eigenvalue weighted by Gasteiger charge is -2.09. The van der Waals surface area contributed by atoms with Gasteiger partial charge in [0.2, 0.25) is 0 Å². The lowest BCUT2D eigenvalue weighted by Crippen LogP contribution is -2.26. The molecule has 2 N–H and O–H groups in total. The van der Waals surface area contributed by atoms with Gasteiger partial charge in [-0.25, -0.2) is 0 Å². The molecule has 0 unspecified atom stereocenters. The monoisotopic (exact) mass is 218 g/mol. The highest BCUT2D eigenvalue weighted by Gasteiger charge is 2.24. The summed E-state index contributed by atoms with van der Waals surface area (Å²) in [5, 5.41) is 6.13. The van der Waals surface area contributed by atoms with Crippen molar-refractivity contribution in [3.63, 3.8) is 0 Å². The minimum Gasteiger partial charge on any atom is -0.349 e. The van der Waals surface area contributed by atoms with Crippen molar-refractivity contribution in [1.82, 2.24) is 10.6 Å². The summed E-state index contributed by atoms with van der Waals surface area (Å²) in [5.41, 5.74) is 1.94. The normalized spacial score (nSPS) is 14.8. The van der Waals surface area contributed by atoms with Gasteiger partial charge in [-0.3, -0.25) is 4.79 Å². The molecule has 0 bridgehead atoms. The average Bonchev–Trinajstić information content (AvgIpc) is 3.10. The highest BCUT2D eigenvalue weighted by Crippen LogP contribution is 2.20. The fourth-order valence-electron chi connectivity index (χ4n) is 1.71. The van der Waals surface area contributed by atoms with Crippen molar-refractivity contribution in [1.29, 1.82) is 0 Å². The Labute approximate surface area is 96.2 Å². The summed E-state index contributed by atoms with van der Waals surface area (Å²) >= 11 is 0. The third-order valence-corrected chi connectivity index (χ3v) is 2.82. The summed E-state index contributed by atoms with van der Waals surface area (Å²) < 4.78 is 0. The SMILES string of the molecule is CNCCc1ccccc1C(=O)NC1CC1. The summed E-state index contributed by atoms with van der Waals surface area (Å²) in [6, 6.07) is 8.26. The molecule has 0 atom stereocenters. The van der Waals surface area contributed by atoms with Crippen molar-refractivity contribution in [3.05, 3.63) is 35.4 Å². The Kier molecular flexibility index (Phi) is 3.57. The molecule has 1 saturated carbocycles. The standard InChI is InChI=1S/C13H18N2O/c1-14-9-8-10-4-2-3-5-12(10)13(16)15-11-6-7-11/h2-5,11,14H,6-9H2,1H3,(H,15,16). The van der Waals surface area contributed by atoms with Gasteiger partial charge in [-0.2, -0.15) is 0 Å². The molecule has 16 heavy (non-hydrogen) atoms. The van der Waals surface area contributed by atoms with E-state index >= 15 is 0 Å². The average molecular weight is 218 g/mol. The quantitative estimate of drug-likeness (QED) is 0.783. The van der Waals surface area contributed by atoms with Gasteiger partial charge in [0, 0.05) is 11.6 Å². The molecule has 0 aromatic heterocycles. The van der Waals surface area contributed by atoms with Gasteiger partial charge < -0.3 is 10.6 Å². The molecule has 86 valence electrons. The van der Waals surface area contributed by atoms with Gasteiger partial charge in [-0.1, -0.05) is 18.2 Å². The Morgan fingerprint density at radius 2 is 2.12 bits per heavy atom. The van der Waals surface area contributed by atoms with Crippen LogP contribution in [0.5, 0.6) is 0 Å². The topological polar surface area (TPSA) is 41.1 Å². The molecule has 0 spiro atoms. The van der Waals surface area contributed by atoms with Gasteiger partial charge >= 0.3 is 0 Å². The van der Waals surface area contributed by atoms with Gasteiger partial charge in [0.05, 0.1) is 0 Å². The third kappa shape index (κ3) is 2.83. The van der Waals surface area contributed by atoms with Gasteiger partial charge in [-0.15, -0.1) is 0 Å². The van der Waals surface area contributed by atoms with E-state index in [2.05, 4.69) is 10.6 Å². The molecule has 1 aliphatic carbocycles. The van der Waals surface area contributed by atoms with Crippen LogP contribution in [0.2, 0.25) is 0 Å². The van der Waals surface area contributed by atoms with Gasteiger partial charge in [-0.05, 0) is 44.5 Å². The molecule has 0 aliphatic heterocycles. The number of likely N-dealkylation sites (N-methyl/N-ethyl adjacent to an activating group) is 1. The van der Waals surface area contributed by atoms with Crippen LogP contribution in [0.4, 0.5) is 0 Å². The van der Waals surface area contributed by atoms with Crippen molar-refractivity contribution in [2.24, 2.45) is 0 Å². The summed E-state index contributed by atoms with van der Waals surface area (Å²) in [6.45, 7) is 0.897. The van der Waals surface area contributed by atoms with Crippen LogP contribution in [-0.2, 0) is 6.42 Å². The molecule has 1 aromatic rings. The Morgan fingerprint density at radius 1 is 1.38 bits per heavy atom. The smallest absolute Gasteiger partial charge is 0.251 e. The van der Waals surface area contributed by atoms with E-state index in [1.54, 1.807) is 0 Å². The fraction of sp³-hybridized carbons (Fsp3) is 0.462. The molecule has 1 fully saturated rings. The number of hydrogen-bond acceptors (Lipinski definition) is 2. The highest BCUT2D eigenvalue weighted by atomic mass is 16.1. The summed E-state index contributed by atoms with van der Waals surface area (Å²) in [4.78, 5) is 11.9. The van der Waals surface area contributed by atoms with E-state index in [4.69, 9.17) is 0 Å². The van der Waals surface area contributed by atoms with Crippen molar-refractivity contribution < 1.29 is 4.79 Å². The summed E-state index contributed by atoms with van der Waals surface area (Å²) in [5.74, 6) is 0.0780. The van der Waals surface area contributed by atoms with Crippen LogP contribution < -0.4 is 10.6 Å². The Hall–Kier alpha value is -1.35. The predicted molar refractivity (Wildman–Crippen MR) is 64.6 cm³/mol. The van der Waals surface area contributed by atoms with Crippen molar-refractivity contribution in [2.75, 3.05) is 13.6 Å². The Balaban J connectivity index is 2.07. The zero-order valence-corrected chi connectivity index (χ0v) is 9.62. The second-order valence-electron chi connectivity index (χ2n) is 4.26. The molecule has 1 amide bonds. The van der Waals surface area contributed by atoms with Crippen LogP contribution >= 0.6 is 0 Å². The zero-order chi connectivity index (χ0) is 11.4. The van der Waals surface area contributed by atoms with Gasteiger partial charge in [0.25, 0.3) is 5.91 Å². The molecule has 1 aromatic carbocycles. The molecule has 1 aliphatic rings. The second kappa shape index (κ2) is 5.12. The third-order valence-electron chi connectivity index (χ3n) is 2.82. The van der Waals surface area contributed by atoms with Crippen LogP contribution in [0, 0.1) is 0 Å². The highest BCUT2D eigenvalue weighted by molar-refractivity contribution is 5.96. The second-order valence-corrected chi connectivity index (χ2v) is 4.26. The van der Waals surface area contributed by atoms with Crippen LogP contribution in [-0.4, -0.2) is 25.5 Å². The Morgan fingerprint density at radius 3 is 2.81 bits per heavy atom. The van der Waals surface area contributed by atoms with Crippen LogP contribution in [0.15, 0.2) is 24.3 Å². The van der Waals surface area contributed by atoms with E-state index in [1.165, 1.54) is 0 Å². The molecule has 3 nitrogen and oxygen atoms in total. The first-order chi connectivity index (χ1) is 7.81. The van der Waals surface area contributed by atoms with Crippen LogP contribution in [0.25, 0.3) is 0 Å². The summed E-state index contributed by atoms with van der Waals surface area (Å²) in [7, 11) is 1.92. The molecule has 0 saturated heterocycles. The van der Waals surface area contributed by atoms with E-state index in [-0.39, 0.29) is 5.91 Å². The lowest BCUT2D eigenvalue weighted by atomic mass is 10.0. The van der Waals surface area contributed by atoms with E-state index < -0.39 is 0 Å². The van der Waals surface area contributed by atoms with E-state index in [0.29, 0.717) is 6.04 Å². The Bertz CT molecular complexity index is 372. The summed E-state index contributed by atoms with van der Waals surface area (Å²) in [6.07, 6.45) is 3.15. The number of nitrogens with one attached hydrogen (secondary N) is 2. The number of carbonyl (C=O) groups is 1. The molecule has 3 heteroatoms. The number of benzene rings is 1. The number of amides is 1. The molecule has 2 rings (SSSR count). The first-order valence-electron chi connectivity index (χ1n) is 5.84. The van der Waals surface area contributed by atoms with E-state index in [0.717, 1.165) is 36.9 Å². The van der Waals surface area contributed by atoms with E-state index in [9.17, 15) is 4.79 Å². The first-order valence-corrected chi connectivity index (χ1v) is 5.84. The number of carbonyl (C=O) groups excluding carboxylic acids is 1. The van der Waals surface area contributed by atoms with Crippen molar-refractivity contribution in [2.45, 2.75) is 25.3 Å². The molecular weight excluding hydrogens is 200 g/mol. The fourth-order valence-corrected chi connectivity index (χ4v) is 1.71. The minimum atomic E-state index is 0.0780. The van der Waals surface area contributed by atoms with Crippen LogP contribution in [0.1, 0.15) is 28.8 Å². The van der Waals surface area contributed by atoms with Crippen molar-refractivity contribution in [3.8, 4) is 0 Å². The van der Waals surface area contributed by atoms with Gasteiger partial charge in [0.1, 0.15) is 0 Å². The maximum atomic E-state index is 11.9.